The van der Waals surface area contributed by atoms with Crippen molar-refractivity contribution in [1.82, 2.24) is 10.6 Å². The second-order valence-corrected chi connectivity index (χ2v) is 6.35. The van der Waals surface area contributed by atoms with Gasteiger partial charge in [-0.1, -0.05) is 12.8 Å². The number of primary amides is 1. The van der Waals surface area contributed by atoms with Crippen LogP contribution < -0.4 is 16.4 Å². The molecule has 0 heterocycles. The van der Waals surface area contributed by atoms with Gasteiger partial charge in [0.25, 0.3) is 0 Å². The first-order valence-corrected chi connectivity index (χ1v) is 7.28. The molecule has 0 spiro atoms. The second-order valence-electron chi connectivity index (χ2n) is 6.35. The number of amides is 3. The molecule has 0 aliphatic heterocycles. The van der Waals surface area contributed by atoms with Crippen LogP contribution in [0.5, 0.6) is 0 Å². The van der Waals surface area contributed by atoms with E-state index in [0.717, 1.165) is 19.3 Å². The van der Waals surface area contributed by atoms with Gasteiger partial charge in [0.1, 0.15) is 0 Å². The number of carboxylic acids is 1. The van der Waals surface area contributed by atoms with Crippen molar-refractivity contribution in [3.8, 4) is 0 Å². The number of nitrogens with two attached hydrogens (primary N) is 1. The first kappa shape index (κ1) is 17.3. The summed E-state index contributed by atoms with van der Waals surface area (Å²) in [6, 6.07) is -0.407. The third kappa shape index (κ3) is 6.01. The van der Waals surface area contributed by atoms with Crippen molar-refractivity contribution in [2.24, 2.45) is 17.6 Å². The number of urea groups is 1. The van der Waals surface area contributed by atoms with E-state index in [0.29, 0.717) is 13.0 Å². The highest BCUT2D eigenvalue weighted by molar-refractivity contribution is 5.78. The Labute approximate surface area is 124 Å². The van der Waals surface area contributed by atoms with Crippen molar-refractivity contribution in [3.63, 3.8) is 0 Å². The Kier molecular flexibility index (Phi) is 5.99. The lowest BCUT2D eigenvalue weighted by molar-refractivity contribution is -0.144. The van der Waals surface area contributed by atoms with Crippen molar-refractivity contribution >= 4 is 17.9 Å². The molecule has 7 heteroatoms. The van der Waals surface area contributed by atoms with Crippen LogP contribution in [0.4, 0.5) is 4.79 Å². The van der Waals surface area contributed by atoms with Crippen LogP contribution in [0.15, 0.2) is 0 Å². The average Bonchev–Trinajstić information content (AvgIpc) is 2.34. The van der Waals surface area contributed by atoms with Crippen LogP contribution in [-0.2, 0) is 9.59 Å². The van der Waals surface area contributed by atoms with Gasteiger partial charge in [0.2, 0.25) is 5.91 Å². The Morgan fingerprint density at radius 2 is 1.86 bits per heavy atom. The Bertz CT molecular complexity index is 409. The molecule has 0 aromatic rings. The Morgan fingerprint density at radius 1 is 1.24 bits per heavy atom. The highest BCUT2D eigenvalue weighted by Crippen LogP contribution is 2.29. The molecule has 1 aliphatic rings. The summed E-state index contributed by atoms with van der Waals surface area (Å²) in [5.74, 6) is -1.71. The first-order valence-electron chi connectivity index (χ1n) is 7.28. The zero-order chi connectivity index (χ0) is 16.0. The van der Waals surface area contributed by atoms with E-state index in [1.807, 2.05) is 0 Å². The summed E-state index contributed by atoms with van der Waals surface area (Å²) in [5, 5.41) is 14.6. The van der Waals surface area contributed by atoms with Crippen LogP contribution in [0.25, 0.3) is 0 Å². The highest BCUT2D eigenvalue weighted by Gasteiger charge is 2.31. The van der Waals surface area contributed by atoms with Crippen LogP contribution in [-0.4, -0.2) is 35.1 Å². The lowest BCUT2D eigenvalue weighted by atomic mass is 9.79. The fourth-order valence-electron chi connectivity index (χ4n) is 2.83. The van der Waals surface area contributed by atoms with E-state index in [1.165, 1.54) is 0 Å². The van der Waals surface area contributed by atoms with Gasteiger partial charge in [-0.25, -0.2) is 4.79 Å². The molecule has 1 aliphatic carbocycles. The maximum absolute atomic E-state index is 11.8. The Morgan fingerprint density at radius 3 is 2.43 bits per heavy atom. The second kappa shape index (κ2) is 7.28. The number of hydrogen-bond acceptors (Lipinski definition) is 3. The number of carbonyl (C=O) groups excluding carboxylic acids is 2. The quantitative estimate of drug-likeness (QED) is 0.580. The number of carboxylic acid groups (broad SMARTS) is 1. The van der Waals surface area contributed by atoms with Crippen LogP contribution in [0, 0.1) is 11.8 Å². The molecule has 2 unspecified atom stereocenters. The molecule has 21 heavy (non-hydrogen) atoms. The standard InChI is InChI=1S/C14H25N3O4/c1-14(2,7-11(15)18)17-13(21)16-8-9-5-3-4-6-10(9)12(19)20/h9-10H,3-8H2,1-2H3,(H2,15,18)(H,19,20)(H2,16,17,21). The van der Waals surface area contributed by atoms with Crippen molar-refractivity contribution in [1.29, 1.82) is 0 Å². The summed E-state index contributed by atoms with van der Waals surface area (Å²) in [6.45, 7) is 3.74. The molecule has 0 radical (unpaired) electrons. The zero-order valence-electron chi connectivity index (χ0n) is 12.6. The molecule has 0 bridgehead atoms. The summed E-state index contributed by atoms with van der Waals surface area (Å²) in [5.41, 5.74) is 4.39. The van der Waals surface area contributed by atoms with Gasteiger partial charge in [-0.15, -0.1) is 0 Å². The van der Waals surface area contributed by atoms with E-state index in [-0.39, 0.29) is 12.3 Å². The molecule has 1 saturated carbocycles. The predicted molar refractivity (Wildman–Crippen MR) is 77.5 cm³/mol. The maximum atomic E-state index is 11.8. The molecule has 7 nitrogen and oxygen atoms in total. The summed E-state index contributed by atoms with van der Waals surface area (Å²) in [7, 11) is 0. The van der Waals surface area contributed by atoms with E-state index < -0.39 is 29.4 Å². The summed E-state index contributed by atoms with van der Waals surface area (Å²) in [4.78, 5) is 33.9. The van der Waals surface area contributed by atoms with E-state index >= 15 is 0 Å². The molecule has 2 atom stereocenters. The van der Waals surface area contributed by atoms with Gasteiger partial charge < -0.3 is 21.5 Å². The minimum absolute atomic E-state index is 0.0405. The normalized spacial score (nSPS) is 22.4. The number of aliphatic carboxylic acids is 1. The average molecular weight is 299 g/mol. The topological polar surface area (TPSA) is 122 Å². The largest absolute Gasteiger partial charge is 0.481 e. The lowest BCUT2D eigenvalue weighted by Crippen LogP contribution is -2.51. The van der Waals surface area contributed by atoms with Crippen LogP contribution >= 0.6 is 0 Å². The van der Waals surface area contributed by atoms with Gasteiger partial charge in [0.15, 0.2) is 0 Å². The first-order chi connectivity index (χ1) is 9.71. The SMILES string of the molecule is CC(C)(CC(N)=O)NC(=O)NCC1CCCCC1C(=O)O. The van der Waals surface area contributed by atoms with E-state index in [9.17, 15) is 19.5 Å². The minimum Gasteiger partial charge on any atom is -0.481 e. The molecule has 120 valence electrons. The summed E-state index contributed by atoms with van der Waals surface area (Å²) < 4.78 is 0. The molecule has 0 saturated heterocycles. The monoisotopic (exact) mass is 299 g/mol. The molecule has 0 aromatic heterocycles. The highest BCUT2D eigenvalue weighted by atomic mass is 16.4. The Balaban J connectivity index is 2.44. The number of nitrogens with one attached hydrogen (secondary N) is 2. The van der Waals surface area contributed by atoms with Gasteiger partial charge in [0, 0.05) is 18.5 Å². The van der Waals surface area contributed by atoms with Gasteiger partial charge >= 0.3 is 12.0 Å². The molecular formula is C14H25N3O4. The van der Waals surface area contributed by atoms with Crippen LogP contribution in [0.1, 0.15) is 46.0 Å². The number of rotatable bonds is 6. The predicted octanol–water partition coefficient (Wildman–Crippen LogP) is 0.831. The van der Waals surface area contributed by atoms with Crippen molar-refractivity contribution in [3.05, 3.63) is 0 Å². The lowest BCUT2D eigenvalue weighted by Gasteiger charge is -2.30. The third-order valence-electron chi connectivity index (χ3n) is 3.82. The molecule has 5 N–H and O–H groups in total. The van der Waals surface area contributed by atoms with Gasteiger partial charge in [-0.05, 0) is 32.6 Å². The molecule has 1 fully saturated rings. The number of carbonyl (C=O) groups is 3. The molecular weight excluding hydrogens is 274 g/mol. The van der Waals surface area contributed by atoms with Crippen molar-refractivity contribution in [2.45, 2.75) is 51.5 Å². The zero-order valence-corrected chi connectivity index (χ0v) is 12.6. The maximum Gasteiger partial charge on any atom is 0.315 e. The van der Waals surface area contributed by atoms with Gasteiger partial charge in [-0.2, -0.15) is 0 Å². The number of hydrogen-bond donors (Lipinski definition) is 4. The van der Waals surface area contributed by atoms with Gasteiger partial charge in [0.05, 0.1) is 5.92 Å². The van der Waals surface area contributed by atoms with E-state index in [1.54, 1.807) is 13.8 Å². The molecule has 0 aromatic carbocycles. The van der Waals surface area contributed by atoms with Crippen LogP contribution in [0.3, 0.4) is 0 Å². The minimum atomic E-state index is -0.795. The third-order valence-corrected chi connectivity index (χ3v) is 3.82. The van der Waals surface area contributed by atoms with Gasteiger partial charge in [-0.3, -0.25) is 9.59 Å². The van der Waals surface area contributed by atoms with E-state index in [4.69, 9.17) is 5.73 Å². The molecule has 3 amide bonds. The smallest absolute Gasteiger partial charge is 0.315 e. The van der Waals surface area contributed by atoms with Crippen LogP contribution in [0.2, 0.25) is 0 Å². The fraction of sp³-hybridized carbons (Fsp3) is 0.786. The summed E-state index contributed by atoms with van der Waals surface area (Å²) >= 11 is 0. The van der Waals surface area contributed by atoms with E-state index in [2.05, 4.69) is 10.6 Å². The molecule has 1 rings (SSSR count). The fourth-order valence-corrected chi connectivity index (χ4v) is 2.83. The van der Waals surface area contributed by atoms with Crippen molar-refractivity contribution < 1.29 is 19.5 Å². The van der Waals surface area contributed by atoms with Crippen molar-refractivity contribution in [2.75, 3.05) is 6.54 Å². The summed E-state index contributed by atoms with van der Waals surface area (Å²) in [6.07, 6.45) is 3.43. The Hall–Kier alpha value is -1.79.